The van der Waals surface area contributed by atoms with Gasteiger partial charge in [-0.15, -0.1) is 0 Å². The molecule has 0 aliphatic rings. The number of para-hydroxylation sites is 1. The van der Waals surface area contributed by atoms with E-state index in [1.807, 2.05) is 0 Å². The molecule has 0 unspecified atom stereocenters. The average molecular weight is 485 g/mol. The Labute approximate surface area is 178 Å². The third-order valence-corrected chi connectivity index (χ3v) is 5.72. The fraction of sp³-hybridized carbons (Fsp3) is 0.316. The number of benzene rings is 2. The number of carboxylic acid groups (broad SMARTS) is 1. The minimum absolute atomic E-state index is 0.221. The summed E-state index contributed by atoms with van der Waals surface area (Å²) >= 11 is 0. The number of aliphatic carboxylic acids is 1. The molecule has 1 N–H and O–H groups in total. The van der Waals surface area contributed by atoms with Gasteiger partial charge in [-0.05, 0) is 30.3 Å². The molecular formula is C19H17F6NO5S. The summed E-state index contributed by atoms with van der Waals surface area (Å²) in [7, 11) is -4.44. The monoisotopic (exact) mass is 485 g/mol. The smallest absolute Gasteiger partial charge is 0.405 e. The first kappa shape index (κ1) is 25.3. The second-order valence-electron chi connectivity index (χ2n) is 6.61. The van der Waals surface area contributed by atoms with E-state index in [9.17, 15) is 44.7 Å². The van der Waals surface area contributed by atoms with Crippen molar-refractivity contribution in [1.29, 1.82) is 0 Å². The van der Waals surface area contributed by atoms with E-state index in [0.29, 0.717) is 0 Å². The van der Waals surface area contributed by atoms with E-state index in [1.54, 1.807) is 0 Å². The Morgan fingerprint density at radius 2 is 1.66 bits per heavy atom. The molecule has 0 fully saturated rings. The normalized spacial score (nSPS) is 13.1. The predicted molar refractivity (Wildman–Crippen MR) is 102 cm³/mol. The number of carbonyl (C=O) groups is 1. The largest absolute Gasteiger partial charge is 0.480 e. The molecule has 6 nitrogen and oxygen atoms in total. The minimum Gasteiger partial charge on any atom is -0.480 e. The van der Waals surface area contributed by atoms with Gasteiger partial charge in [0, 0.05) is 11.3 Å². The fourth-order valence-corrected chi connectivity index (χ4v) is 4.51. The molecule has 2 rings (SSSR count). The Kier molecular flexibility index (Phi) is 7.99. The van der Waals surface area contributed by atoms with Gasteiger partial charge in [-0.3, -0.25) is 0 Å². The Hall–Kier alpha value is -2.96. The van der Waals surface area contributed by atoms with Crippen molar-refractivity contribution in [3.63, 3.8) is 0 Å². The summed E-state index contributed by atoms with van der Waals surface area (Å²) in [6, 6.07) is 6.01. The van der Waals surface area contributed by atoms with Gasteiger partial charge in [0.25, 0.3) is 0 Å². The zero-order chi connectivity index (χ0) is 24.1. The van der Waals surface area contributed by atoms with Crippen molar-refractivity contribution in [2.24, 2.45) is 0 Å². The first-order valence-electron chi connectivity index (χ1n) is 8.82. The molecule has 1 atom stereocenters. The highest BCUT2D eigenvalue weighted by Crippen LogP contribution is 2.27. The van der Waals surface area contributed by atoms with Crippen LogP contribution in [0.2, 0.25) is 0 Å². The molecule has 13 heteroatoms. The van der Waals surface area contributed by atoms with Gasteiger partial charge in [0.05, 0.1) is 11.5 Å². The molecule has 0 spiro atoms. The highest BCUT2D eigenvalue weighted by atomic mass is 32.2. The van der Waals surface area contributed by atoms with Gasteiger partial charge in [0.15, 0.2) is 9.84 Å². The maximum absolute atomic E-state index is 13.2. The SMILES string of the molecule is O=C(O)[C@H](CS(=O)(=O)Cc1ccccc1OC(F)F)N(CC(F)(F)F)c1ccc(F)cc1. The maximum Gasteiger partial charge on any atom is 0.405 e. The summed E-state index contributed by atoms with van der Waals surface area (Å²) in [5.74, 6) is -5.37. The van der Waals surface area contributed by atoms with Crippen molar-refractivity contribution in [3.8, 4) is 5.75 Å². The highest BCUT2D eigenvalue weighted by molar-refractivity contribution is 7.90. The van der Waals surface area contributed by atoms with Crippen LogP contribution in [0.25, 0.3) is 0 Å². The number of rotatable bonds is 10. The van der Waals surface area contributed by atoms with Crippen molar-refractivity contribution >= 4 is 21.5 Å². The molecule has 0 bridgehead atoms. The van der Waals surface area contributed by atoms with Gasteiger partial charge in [0.1, 0.15) is 24.2 Å². The van der Waals surface area contributed by atoms with Crippen LogP contribution in [0.3, 0.4) is 0 Å². The van der Waals surface area contributed by atoms with Crippen LogP contribution < -0.4 is 9.64 Å². The lowest BCUT2D eigenvalue weighted by Crippen LogP contribution is -2.50. The molecule has 0 saturated carbocycles. The van der Waals surface area contributed by atoms with Crippen LogP contribution in [0.1, 0.15) is 5.56 Å². The number of nitrogens with zero attached hydrogens (tertiary/aromatic N) is 1. The standard InChI is InChI=1S/C19H17F6NO5S/c20-13-5-7-14(8-6-13)26(11-19(23,24)25)15(17(27)28)10-32(29,30)9-12-3-1-2-4-16(12)31-18(21)22/h1-8,15,18H,9-11H2,(H,27,28)/t15-/m0/s1. The van der Waals surface area contributed by atoms with E-state index in [2.05, 4.69) is 4.74 Å². The van der Waals surface area contributed by atoms with E-state index >= 15 is 0 Å². The lowest BCUT2D eigenvalue weighted by Gasteiger charge is -2.31. The number of alkyl halides is 5. The molecule has 2 aromatic carbocycles. The zero-order valence-electron chi connectivity index (χ0n) is 16.1. The molecule has 0 amide bonds. The van der Waals surface area contributed by atoms with Crippen LogP contribution in [0, 0.1) is 5.82 Å². The minimum atomic E-state index is -4.91. The van der Waals surface area contributed by atoms with Crippen LogP contribution in [0.5, 0.6) is 5.75 Å². The lowest BCUT2D eigenvalue weighted by atomic mass is 10.2. The molecule has 0 saturated heterocycles. The molecule has 176 valence electrons. The average Bonchev–Trinajstić information content (AvgIpc) is 2.65. The van der Waals surface area contributed by atoms with Crippen molar-refractivity contribution in [3.05, 3.63) is 59.9 Å². The second-order valence-corrected chi connectivity index (χ2v) is 8.72. The number of carboxylic acids is 1. The molecule has 2 aromatic rings. The number of hydrogen-bond donors (Lipinski definition) is 1. The second kappa shape index (κ2) is 10.1. The van der Waals surface area contributed by atoms with E-state index in [4.69, 9.17) is 0 Å². The van der Waals surface area contributed by atoms with Crippen LogP contribution in [-0.2, 0) is 20.4 Å². The Bertz CT molecular complexity index is 1030. The summed E-state index contributed by atoms with van der Waals surface area (Å²) in [5.41, 5.74) is -0.589. The van der Waals surface area contributed by atoms with Crippen LogP contribution in [0.15, 0.2) is 48.5 Å². The number of ether oxygens (including phenoxy) is 1. The van der Waals surface area contributed by atoms with Crippen molar-refractivity contribution in [2.75, 3.05) is 17.2 Å². The van der Waals surface area contributed by atoms with E-state index in [1.165, 1.54) is 12.1 Å². The van der Waals surface area contributed by atoms with E-state index < -0.39 is 64.3 Å². The fourth-order valence-electron chi connectivity index (χ4n) is 2.87. The number of anilines is 1. The Morgan fingerprint density at radius 3 is 2.19 bits per heavy atom. The van der Waals surface area contributed by atoms with Crippen molar-refractivity contribution in [2.45, 2.75) is 24.6 Å². The van der Waals surface area contributed by atoms with E-state index in [0.717, 1.165) is 36.4 Å². The summed E-state index contributed by atoms with van der Waals surface area (Å²) in [5, 5.41) is 9.49. The number of halogens is 6. The molecule has 0 heterocycles. The van der Waals surface area contributed by atoms with Gasteiger partial charge in [-0.1, -0.05) is 18.2 Å². The van der Waals surface area contributed by atoms with Gasteiger partial charge >= 0.3 is 18.8 Å². The predicted octanol–water partition coefficient (Wildman–Crippen LogP) is 3.86. The third kappa shape index (κ3) is 7.62. The van der Waals surface area contributed by atoms with Gasteiger partial charge in [0.2, 0.25) is 0 Å². The quantitative estimate of drug-likeness (QED) is 0.515. The van der Waals surface area contributed by atoms with Gasteiger partial charge in [-0.25, -0.2) is 17.6 Å². The zero-order valence-corrected chi connectivity index (χ0v) is 16.9. The van der Waals surface area contributed by atoms with Crippen LogP contribution in [0.4, 0.5) is 32.0 Å². The molecular weight excluding hydrogens is 468 g/mol. The molecule has 32 heavy (non-hydrogen) atoms. The lowest BCUT2D eigenvalue weighted by molar-refractivity contribution is -0.140. The maximum atomic E-state index is 13.2. The van der Waals surface area contributed by atoms with Crippen molar-refractivity contribution in [1.82, 2.24) is 0 Å². The Morgan fingerprint density at radius 1 is 1.06 bits per heavy atom. The Balaban J connectivity index is 2.37. The first-order chi connectivity index (χ1) is 14.8. The van der Waals surface area contributed by atoms with Gasteiger partial charge in [-0.2, -0.15) is 22.0 Å². The third-order valence-electron chi connectivity index (χ3n) is 4.15. The summed E-state index contributed by atoms with van der Waals surface area (Å²) < 4.78 is 107. The van der Waals surface area contributed by atoms with E-state index in [-0.39, 0.29) is 16.2 Å². The molecule has 0 aromatic heterocycles. The summed E-state index contributed by atoms with van der Waals surface area (Å²) in [6.07, 6.45) is -4.91. The van der Waals surface area contributed by atoms with Crippen LogP contribution >= 0.6 is 0 Å². The molecule has 0 aliphatic heterocycles. The van der Waals surface area contributed by atoms with Crippen LogP contribution in [-0.4, -0.2) is 50.6 Å². The molecule has 0 radical (unpaired) electrons. The number of hydrogen-bond acceptors (Lipinski definition) is 5. The van der Waals surface area contributed by atoms with Crippen molar-refractivity contribution < 1.29 is 49.4 Å². The van der Waals surface area contributed by atoms with Gasteiger partial charge < -0.3 is 14.7 Å². The molecule has 0 aliphatic carbocycles. The topological polar surface area (TPSA) is 83.9 Å². The number of sulfone groups is 1. The summed E-state index contributed by atoms with van der Waals surface area (Å²) in [4.78, 5) is 12.0. The highest BCUT2D eigenvalue weighted by Gasteiger charge is 2.39. The first-order valence-corrected chi connectivity index (χ1v) is 10.6. The summed E-state index contributed by atoms with van der Waals surface area (Å²) in [6.45, 7) is -5.08.